The number of rotatable bonds is 6. The van der Waals surface area contributed by atoms with Gasteiger partial charge in [0.15, 0.2) is 0 Å². The van der Waals surface area contributed by atoms with E-state index in [0.29, 0.717) is 17.2 Å². The highest BCUT2D eigenvalue weighted by Crippen LogP contribution is 2.36. The third-order valence-electron chi connectivity index (χ3n) is 4.86. The predicted molar refractivity (Wildman–Crippen MR) is 118 cm³/mol. The number of ether oxygens (including phenoxy) is 1. The molecule has 148 valence electrons. The molecule has 1 heterocycles. The molecule has 0 spiro atoms. The van der Waals surface area contributed by atoms with Gasteiger partial charge in [-0.05, 0) is 35.2 Å². The molecule has 28 heavy (non-hydrogen) atoms. The van der Waals surface area contributed by atoms with E-state index in [4.69, 9.17) is 17.0 Å². The van der Waals surface area contributed by atoms with Crippen LogP contribution in [0.3, 0.4) is 0 Å². The normalized spacial score (nSPS) is 16.5. The monoisotopic (exact) mass is 398 g/mol. The summed E-state index contributed by atoms with van der Waals surface area (Å²) in [7, 11) is 3.42. The average Bonchev–Trinajstić information content (AvgIpc) is 2.68. The highest BCUT2D eigenvalue weighted by atomic mass is 32.1. The fourth-order valence-corrected chi connectivity index (χ4v) is 3.66. The van der Waals surface area contributed by atoms with Crippen molar-refractivity contribution in [2.75, 3.05) is 19.6 Å². The Labute approximate surface area is 171 Å². The number of hydrazone groups is 1. The summed E-state index contributed by atoms with van der Waals surface area (Å²) in [5, 5.41) is 14.8. The number of nitrogens with one attached hydrogen (secondary N) is 3. The Bertz CT molecular complexity index is 911. The van der Waals surface area contributed by atoms with Gasteiger partial charge < -0.3 is 15.3 Å². The van der Waals surface area contributed by atoms with Gasteiger partial charge >= 0.3 is 0 Å². The molecule has 1 unspecified atom stereocenters. The van der Waals surface area contributed by atoms with Crippen LogP contribution < -0.4 is 21.0 Å². The van der Waals surface area contributed by atoms with Crippen LogP contribution in [0.5, 0.6) is 11.5 Å². The largest absolute Gasteiger partial charge is 0.508 e. The lowest BCUT2D eigenvalue weighted by atomic mass is 9.88. The molecule has 4 N–H and O–H groups in total. The van der Waals surface area contributed by atoms with E-state index in [0.717, 1.165) is 28.1 Å². The van der Waals surface area contributed by atoms with Crippen LogP contribution in [0.15, 0.2) is 41.5 Å². The van der Waals surface area contributed by atoms with E-state index in [1.165, 1.54) is 0 Å². The lowest BCUT2D eigenvalue weighted by Gasteiger charge is -2.26. The Hall–Kier alpha value is -2.64. The molecule has 0 aliphatic carbocycles. The second-order valence-electron chi connectivity index (χ2n) is 7.06. The summed E-state index contributed by atoms with van der Waals surface area (Å²) in [6.07, 6.45) is 0.646. The maximum absolute atomic E-state index is 10.3. The van der Waals surface area contributed by atoms with Crippen molar-refractivity contribution in [2.45, 2.75) is 32.1 Å². The number of methoxy groups -OCH3 is 1. The number of hydrogen-bond donors (Lipinski definition) is 4. The Morgan fingerprint density at radius 3 is 2.75 bits per heavy atom. The third-order valence-corrected chi connectivity index (χ3v) is 5.23. The minimum Gasteiger partial charge on any atom is -0.508 e. The predicted octanol–water partition coefficient (Wildman–Crippen LogP) is 3.88. The molecule has 7 heteroatoms. The van der Waals surface area contributed by atoms with Gasteiger partial charge in [-0.25, -0.2) is 5.43 Å². The van der Waals surface area contributed by atoms with Gasteiger partial charge in [0.2, 0.25) is 0 Å². The lowest BCUT2D eigenvalue weighted by molar-refractivity contribution is 0.404. The first-order valence-corrected chi connectivity index (χ1v) is 9.65. The average molecular weight is 399 g/mol. The summed E-state index contributed by atoms with van der Waals surface area (Å²) >= 11 is 5.54. The molecule has 0 aromatic heterocycles. The number of aromatic hydroxyl groups is 1. The van der Waals surface area contributed by atoms with Crippen LogP contribution >= 0.6 is 12.2 Å². The molecule has 1 atom stereocenters. The SMILES string of the molecule is CNNc1cccc(C2CC(c3cc(C(C)C)c(O)cc3OC)=NNC2=S)c1. The Kier molecular flexibility index (Phi) is 6.16. The van der Waals surface area contributed by atoms with Crippen molar-refractivity contribution < 1.29 is 9.84 Å². The van der Waals surface area contributed by atoms with Gasteiger partial charge in [-0.1, -0.05) is 38.2 Å². The minimum absolute atomic E-state index is 0.00196. The van der Waals surface area contributed by atoms with Crippen molar-refractivity contribution in [1.29, 1.82) is 0 Å². The van der Waals surface area contributed by atoms with Crippen LogP contribution in [0.2, 0.25) is 0 Å². The van der Waals surface area contributed by atoms with E-state index in [-0.39, 0.29) is 17.6 Å². The van der Waals surface area contributed by atoms with E-state index in [1.807, 2.05) is 39.1 Å². The maximum Gasteiger partial charge on any atom is 0.131 e. The van der Waals surface area contributed by atoms with Crippen molar-refractivity contribution in [3.63, 3.8) is 0 Å². The van der Waals surface area contributed by atoms with Crippen molar-refractivity contribution in [3.05, 3.63) is 53.1 Å². The van der Waals surface area contributed by atoms with E-state index in [1.54, 1.807) is 13.2 Å². The van der Waals surface area contributed by atoms with Gasteiger partial charge in [0, 0.05) is 36.7 Å². The third kappa shape index (κ3) is 4.10. The molecule has 2 aromatic rings. The first-order valence-electron chi connectivity index (χ1n) is 9.25. The summed E-state index contributed by atoms with van der Waals surface area (Å²) in [6, 6.07) is 11.8. The summed E-state index contributed by atoms with van der Waals surface area (Å²) in [5.74, 6) is 1.02. The van der Waals surface area contributed by atoms with Crippen LogP contribution in [-0.4, -0.2) is 30.0 Å². The van der Waals surface area contributed by atoms with Crippen LogP contribution in [0.25, 0.3) is 0 Å². The number of hydrazine groups is 1. The Morgan fingerprint density at radius 1 is 1.29 bits per heavy atom. The van der Waals surface area contributed by atoms with Crippen molar-refractivity contribution in [1.82, 2.24) is 10.9 Å². The second-order valence-corrected chi connectivity index (χ2v) is 7.50. The van der Waals surface area contributed by atoms with E-state index in [9.17, 15) is 5.11 Å². The molecule has 0 saturated heterocycles. The molecule has 0 amide bonds. The van der Waals surface area contributed by atoms with Crippen molar-refractivity contribution in [3.8, 4) is 11.5 Å². The fourth-order valence-electron chi connectivity index (χ4n) is 3.39. The smallest absolute Gasteiger partial charge is 0.131 e. The highest BCUT2D eigenvalue weighted by Gasteiger charge is 2.27. The molecular weight excluding hydrogens is 372 g/mol. The van der Waals surface area contributed by atoms with Crippen LogP contribution in [-0.2, 0) is 0 Å². The zero-order chi connectivity index (χ0) is 20.3. The second kappa shape index (κ2) is 8.58. The molecule has 3 rings (SSSR count). The van der Waals surface area contributed by atoms with Gasteiger partial charge in [-0.3, -0.25) is 5.43 Å². The van der Waals surface area contributed by atoms with Gasteiger partial charge in [0.1, 0.15) is 16.5 Å². The molecule has 6 nitrogen and oxygen atoms in total. The first kappa shape index (κ1) is 20.1. The van der Waals surface area contributed by atoms with Gasteiger partial charge in [0.05, 0.1) is 12.8 Å². The zero-order valence-electron chi connectivity index (χ0n) is 16.5. The van der Waals surface area contributed by atoms with E-state index < -0.39 is 0 Å². The fraction of sp³-hybridized carbons (Fsp3) is 0.333. The minimum atomic E-state index is 0.00196. The number of hydrogen-bond acceptors (Lipinski definition) is 6. The summed E-state index contributed by atoms with van der Waals surface area (Å²) in [5.41, 5.74) is 13.7. The highest BCUT2D eigenvalue weighted by molar-refractivity contribution is 7.80. The van der Waals surface area contributed by atoms with Crippen molar-refractivity contribution in [2.24, 2.45) is 5.10 Å². The van der Waals surface area contributed by atoms with Crippen LogP contribution in [0.4, 0.5) is 5.69 Å². The lowest BCUT2D eigenvalue weighted by Crippen LogP contribution is -2.32. The number of anilines is 1. The first-order chi connectivity index (χ1) is 13.4. The Balaban J connectivity index is 1.98. The van der Waals surface area contributed by atoms with Gasteiger partial charge in [-0.2, -0.15) is 5.10 Å². The Morgan fingerprint density at radius 2 is 2.07 bits per heavy atom. The molecule has 0 radical (unpaired) electrons. The number of nitrogens with zero attached hydrogens (tertiary/aromatic N) is 1. The topological polar surface area (TPSA) is 77.9 Å². The summed E-state index contributed by atoms with van der Waals surface area (Å²) < 4.78 is 5.51. The molecule has 0 saturated carbocycles. The quantitative estimate of drug-likeness (QED) is 0.437. The molecule has 2 aromatic carbocycles. The number of phenols is 1. The molecular formula is C21H26N4O2S. The molecule has 1 aliphatic rings. The summed E-state index contributed by atoms with van der Waals surface area (Å²) in [6.45, 7) is 4.09. The van der Waals surface area contributed by atoms with Gasteiger partial charge in [-0.15, -0.1) is 0 Å². The van der Waals surface area contributed by atoms with E-state index in [2.05, 4.69) is 33.5 Å². The molecule has 0 bridgehead atoms. The number of thiocarbonyl (C=S) groups is 1. The van der Waals surface area contributed by atoms with Crippen LogP contribution in [0, 0.1) is 0 Å². The van der Waals surface area contributed by atoms with E-state index >= 15 is 0 Å². The maximum atomic E-state index is 10.3. The molecule has 0 fully saturated rings. The van der Waals surface area contributed by atoms with Crippen molar-refractivity contribution >= 4 is 28.6 Å². The standard InChI is InChI=1S/C21H26N4O2S/c1-12(2)15-9-17(20(27-4)11-19(15)26)18-10-16(21(28)25-24-18)13-6-5-7-14(8-13)23-22-3/h5-9,11-12,16,22-23,26H,10H2,1-4H3,(H,25,28). The summed E-state index contributed by atoms with van der Waals surface area (Å²) in [4.78, 5) is 0.687. The number of benzene rings is 2. The zero-order valence-corrected chi connectivity index (χ0v) is 17.4. The van der Waals surface area contributed by atoms with Crippen LogP contribution in [0.1, 0.15) is 48.8 Å². The molecule has 1 aliphatic heterocycles. The number of phenolic OH excluding ortho intramolecular Hbond substituents is 1. The van der Waals surface area contributed by atoms with Gasteiger partial charge in [0.25, 0.3) is 0 Å².